The van der Waals surface area contributed by atoms with Crippen molar-refractivity contribution in [2.24, 2.45) is 5.92 Å². The lowest BCUT2D eigenvalue weighted by Gasteiger charge is -2.20. The van der Waals surface area contributed by atoms with Crippen LogP contribution in [0.15, 0.2) is 79.1 Å². The highest BCUT2D eigenvalue weighted by molar-refractivity contribution is 6.02. The number of benzene rings is 3. The van der Waals surface area contributed by atoms with Crippen LogP contribution in [0.25, 0.3) is 55.4 Å². The molecule has 0 saturated heterocycles. The van der Waals surface area contributed by atoms with Crippen LogP contribution in [0.5, 0.6) is 5.75 Å². The maximum Gasteiger partial charge on any atom is 0.224 e. The van der Waals surface area contributed by atoms with Gasteiger partial charge in [0.1, 0.15) is 17.3 Å². The van der Waals surface area contributed by atoms with Crippen LogP contribution in [0.3, 0.4) is 0 Å². The second-order valence-corrected chi connectivity index (χ2v) is 11.2. The SMILES string of the molecule is O=C(CC1CCCCC1)Nc1cncc(-c2ccc3[nH]nc(-c4cc5c(-c6cc(O)cc(F)c6)cccc5[nH]4)c3c2)c1. The van der Waals surface area contributed by atoms with Crippen LogP contribution in [0.1, 0.15) is 38.5 Å². The number of nitrogens with zero attached hydrogens (tertiary/aromatic N) is 2. The number of anilines is 1. The normalized spacial score (nSPS) is 14.0. The second-order valence-electron chi connectivity index (χ2n) is 11.2. The van der Waals surface area contributed by atoms with Crippen LogP contribution in [0.2, 0.25) is 0 Å². The zero-order valence-corrected chi connectivity index (χ0v) is 23.0. The van der Waals surface area contributed by atoms with Crippen molar-refractivity contribution >= 4 is 33.4 Å². The molecule has 4 N–H and O–H groups in total. The smallest absolute Gasteiger partial charge is 0.224 e. The highest BCUT2D eigenvalue weighted by Gasteiger charge is 2.18. The van der Waals surface area contributed by atoms with E-state index in [1.165, 1.54) is 25.3 Å². The second kappa shape index (κ2) is 10.8. The molecule has 1 fully saturated rings. The average molecular weight is 560 g/mol. The number of pyridine rings is 1. The molecule has 7 rings (SSSR count). The standard InChI is InChI=1S/C34H30FN5O2/c35-24-12-22(14-26(41)16-24)27-7-4-8-30-28(27)17-32(38-30)34-29-15-21(9-10-31(29)39-40-34)23-13-25(19-36-18-23)37-33(42)11-20-5-2-1-3-6-20/h4,7-10,12-20,38,41H,1-3,5-6,11H2,(H,37,42)(H,39,40). The number of fused-ring (bicyclic) bond motifs is 2. The van der Waals surface area contributed by atoms with Gasteiger partial charge in [-0.3, -0.25) is 14.9 Å². The minimum Gasteiger partial charge on any atom is -0.508 e. The van der Waals surface area contributed by atoms with Crippen LogP contribution in [0, 0.1) is 11.7 Å². The lowest BCUT2D eigenvalue weighted by atomic mass is 9.87. The van der Waals surface area contributed by atoms with Crippen LogP contribution >= 0.6 is 0 Å². The number of carbonyl (C=O) groups is 1. The number of carbonyl (C=O) groups excluding carboxylic acids is 1. The summed E-state index contributed by atoms with van der Waals surface area (Å²) in [5, 5.41) is 22.6. The maximum atomic E-state index is 14.1. The number of aromatic hydroxyl groups is 1. The maximum absolute atomic E-state index is 14.1. The fourth-order valence-corrected chi connectivity index (χ4v) is 6.19. The Morgan fingerprint density at radius 2 is 1.79 bits per heavy atom. The number of halogens is 1. The van der Waals surface area contributed by atoms with E-state index in [1.807, 2.05) is 42.5 Å². The molecule has 0 unspecified atom stereocenters. The monoisotopic (exact) mass is 559 g/mol. The third kappa shape index (κ3) is 5.11. The molecule has 0 atom stereocenters. The first-order valence-electron chi connectivity index (χ1n) is 14.4. The lowest BCUT2D eigenvalue weighted by Crippen LogP contribution is -2.18. The number of phenolic OH excluding ortho intramolecular Hbond substituents is 1. The summed E-state index contributed by atoms with van der Waals surface area (Å²) < 4.78 is 14.1. The van der Waals surface area contributed by atoms with Crippen molar-refractivity contribution in [3.63, 3.8) is 0 Å². The highest BCUT2D eigenvalue weighted by Crippen LogP contribution is 2.36. The summed E-state index contributed by atoms with van der Waals surface area (Å²) in [5.74, 6) is -0.101. The third-order valence-electron chi connectivity index (χ3n) is 8.23. The van der Waals surface area contributed by atoms with Gasteiger partial charge in [0, 0.05) is 40.5 Å². The molecule has 3 heterocycles. The Morgan fingerprint density at radius 1 is 0.905 bits per heavy atom. The van der Waals surface area contributed by atoms with E-state index in [9.17, 15) is 14.3 Å². The summed E-state index contributed by atoms with van der Waals surface area (Å²) in [6, 6.07) is 19.8. The van der Waals surface area contributed by atoms with E-state index in [2.05, 4.69) is 31.5 Å². The molecule has 1 saturated carbocycles. The number of aromatic nitrogens is 4. The predicted molar refractivity (Wildman–Crippen MR) is 163 cm³/mol. The molecule has 210 valence electrons. The lowest BCUT2D eigenvalue weighted by molar-refractivity contribution is -0.117. The fraction of sp³-hybridized carbons (Fsp3) is 0.206. The van der Waals surface area contributed by atoms with E-state index >= 15 is 0 Å². The largest absolute Gasteiger partial charge is 0.508 e. The van der Waals surface area contributed by atoms with Crippen LogP contribution in [-0.2, 0) is 4.79 Å². The Labute approximate surface area is 241 Å². The number of amides is 1. The molecule has 0 bridgehead atoms. The van der Waals surface area contributed by atoms with Gasteiger partial charge in [0.2, 0.25) is 5.91 Å². The predicted octanol–water partition coefficient (Wildman–Crippen LogP) is 8.19. The number of nitrogens with one attached hydrogen (secondary N) is 3. The number of hydrogen-bond acceptors (Lipinski definition) is 4. The van der Waals surface area contributed by atoms with E-state index in [4.69, 9.17) is 0 Å². The van der Waals surface area contributed by atoms with Crippen LogP contribution in [-0.4, -0.2) is 31.2 Å². The Balaban J connectivity index is 1.20. The highest BCUT2D eigenvalue weighted by atomic mass is 19.1. The Morgan fingerprint density at radius 3 is 2.64 bits per heavy atom. The molecule has 8 heteroatoms. The van der Waals surface area contributed by atoms with E-state index < -0.39 is 5.82 Å². The summed E-state index contributed by atoms with van der Waals surface area (Å²) >= 11 is 0. The van der Waals surface area contributed by atoms with Gasteiger partial charge in [-0.25, -0.2) is 4.39 Å². The number of H-pyrrole nitrogens is 2. The summed E-state index contributed by atoms with van der Waals surface area (Å²) in [6.07, 6.45) is 9.99. The van der Waals surface area contributed by atoms with Crippen molar-refractivity contribution in [1.29, 1.82) is 0 Å². The van der Waals surface area contributed by atoms with E-state index in [0.717, 1.165) is 68.8 Å². The van der Waals surface area contributed by atoms with Crippen molar-refractivity contribution in [2.75, 3.05) is 5.32 Å². The number of aromatic amines is 2. The Hall–Kier alpha value is -4.98. The van der Waals surface area contributed by atoms with Crippen molar-refractivity contribution in [2.45, 2.75) is 38.5 Å². The van der Waals surface area contributed by atoms with Crippen molar-refractivity contribution in [1.82, 2.24) is 20.2 Å². The van der Waals surface area contributed by atoms with Gasteiger partial charge in [-0.1, -0.05) is 37.5 Å². The summed E-state index contributed by atoms with van der Waals surface area (Å²) in [4.78, 5) is 20.6. The quantitative estimate of drug-likeness (QED) is 0.165. The summed E-state index contributed by atoms with van der Waals surface area (Å²) in [7, 11) is 0. The molecule has 7 nitrogen and oxygen atoms in total. The molecular weight excluding hydrogens is 529 g/mol. The first kappa shape index (κ1) is 26.0. The topological polar surface area (TPSA) is 107 Å². The van der Waals surface area contributed by atoms with Gasteiger partial charge < -0.3 is 15.4 Å². The minimum atomic E-state index is -0.495. The Kier molecular flexibility index (Phi) is 6.66. The van der Waals surface area contributed by atoms with Crippen molar-refractivity contribution in [3.05, 3.63) is 84.9 Å². The fourth-order valence-electron chi connectivity index (χ4n) is 6.19. The molecule has 0 aliphatic heterocycles. The van der Waals surface area contributed by atoms with Gasteiger partial charge in [-0.15, -0.1) is 0 Å². The number of rotatable bonds is 6. The van der Waals surface area contributed by atoms with Gasteiger partial charge in [0.05, 0.1) is 23.1 Å². The molecule has 0 spiro atoms. The molecule has 0 radical (unpaired) electrons. The van der Waals surface area contributed by atoms with Gasteiger partial charge in [-0.05, 0) is 77.9 Å². The molecule has 42 heavy (non-hydrogen) atoms. The summed E-state index contributed by atoms with van der Waals surface area (Å²) in [6.45, 7) is 0. The zero-order chi connectivity index (χ0) is 28.6. The zero-order valence-electron chi connectivity index (χ0n) is 23.0. The molecule has 1 aliphatic rings. The molecular formula is C34H30FN5O2. The Bertz CT molecular complexity index is 1920. The molecule has 3 aromatic heterocycles. The van der Waals surface area contributed by atoms with Gasteiger partial charge in [0.25, 0.3) is 0 Å². The first-order chi connectivity index (χ1) is 20.5. The van der Waals surface area contributed by atoms with E-state index in [1.54, 1.807) is 18.5 Å². The van der Waals surface area contributed by atoms with Gasteiger partial charge >= 0.3 is 0 Å². The van der Waals surface area contributed by atoms with E-state index in [0.29, 0.717) is 23.6 Å². The van der Waals surface area contributed by atoms with Crippen molar-refractivity contribution < 1.29 is 14.3 Å². The first-order valence-corrected chi connectivity index (χ1v) is 14.4. The average Bonchev–Trinajstić information content (AvgIpc) is 3.61. The number of hydrogen-bond donors (Lipinski definition) is 4. The van der Waals surface area contributed by atoms with Gasteiger partial charge in [-0.2, -0.15) is 5.10 Å². The van der Waals surface area contributed by atoms with Crippen LogP contribution < -0.4 is 5.32 Å². The van der Waals surface area contributed by atoms with Crippen LogP contribution in [0.4, 0.5) is 10.1 Å². The molecule has 1 aliphatic carbocycles. The third-order valence-corrected chi connectivity index (χ3v) is 8.23. The number of phenols is 1. The van der Waals surface area contributed by atoms with E-state index in [-0.39, 0.29) is 11.7 Å². The van der Waals surface area contributed by atoms with Crippen molar-refractivity contribution in [3.8, 4) is 39.4 Å². The summed E-state index contributed by atoms with van der Waals surface area (Å²) in [5.41, 5.74) is 7.25. The molecule has 3 aromatic carbocycles. The molecule has 1 amide bonds. The van der Waals surface area contributed by atoms with Gasteiger partial charge in [0.15, 0.2) is 0 Å². The minimum absolute atomic E-state index is 0.0417. The molecule has 6 aromatic rings.